The molecule has 0 aromatic carbocycles. The molecule has 0 amide bonds. The molecule has 0 aromatic heterocycles. The van der Waals surface area contributed by atoms with Crippen LogP contribution in [0.4, 0.5) is 0 Å². The third-order valence-electron chi connectivity index (χ3n) is 31.0. The van der Waals surface area contributed by atoms with Crippen LogP contribution in [0, 0.1) is 130 Å². The summed E-state index contributed by atoms with van der Waals surface area (Å²) in [5, 5.41) is 63.3. The van der Waals surface area contributed by atoms with Crippen LogP contribution in [0.3, 0.4) is 0 Å². The van der Waals surface area contributed by atoms with Crippen LogP contribution in [0.1, 0.15) is 352 Å². The van der Waals surface area contributed by atoms with E-state index in [0.717, 1.165) is 145 Å². The first-order valence-electron chi connectivity index (χ1n) is 45.7. The van der Waals surface area contributed by atoms with Gasteiger partial charge in [0.05, 0.1) is 33.0 Å². The highest BCUT2D eigenvalue weighted by Crippen LogP contribution is 2.50. The second kappa shape index (κ2) is 47.2. The van der Waals surface area contributed by atoms with Crippen LogP contribution in [0.15, 0.2) is 0 Å². The zero-order valence-electron chi connectivity index (χ0n) is 68.9. The first-order valence-corrected chi connectivity index (χ1v) is 45.7. The molecule has 103 heavy (non-hydrogen) atoms. The van der Waals surface area contributed by atoms with Crippen molar-refractivity contribution in [1.29, 1.82) is 0 Å². The zero-order chi connectivity index (χ0) is 73.7. The lowest BCUT2D eigenvalue weighted by Crippen LogP contribution is -2.53. The van der Waals surface area contributed by atoms with Crippen molar-refractivity contribution in [1.82, 2.24) is 0 Å². The van der Waals surface area contributed by atoms with Crippen LogP contribution in [0.25, 0.3) is 0 Å². The van der Waals surface area contributed by atoms with Crippen LogP contribution in [-0.2, 0) is 23.7 Å². The summed E-state index contributed by atoms with van der Waals surface area (Å²) < 4.78 is 31.4. The van der Waals surface area contributed by atoms with Crippen molar-refractivity contribution in [3.8, 4) is 0 Å². The second-order valence-corrected chi connectivity index (χ2v) is 39.5. The Morgan fingerprint density at radius 2 is 0.621 bits per heavy atom. The van der Waals surface area contributed by atoms with E-state index in [1.807, 2.05) is 0 Å². The molecule has 1 aliphatic heterocycles. The van der Waals surface area contributed by atoms with Gasteiger partial charge in [0.25, 0.3) is 0 Å². The maximum absolute atomic E-state index is 11.2. The van der Waals surface area contributed by atoms with Crippen LogP contribution >= 0.6 is 0 Å². The molecule has 0 aromatic rings. The summed E-state index contributed by atoms with van der Waals surface area (Å²) in [6.45, 7) is 28.0. The summed E-state index contributed by atoms with van der Waals surface area (Å²) in [7, 11) is 0. The summed E-state index contributed by atoms with van der Waals surface area (Å²) >= 11 is 0. The lowest BCUT2D eigenvalue weighted by Gasteiger charge is -2.32. The first kappa shape index (κ1) is 88.1. The van der Waals surface area contributed by atoms with E-state index in [0.29, 0.717) is 50.1 Å². The van der Waals surface area contributed by atoms with Crippen molar-refractivity contribution >= 4 is 0 Å². The van der Waals surface area contributed by atoms with Crippen molar-refractivity contribution in [2.24, 2.45) is 130 Å². The van der Waals surface area contributed by atoms with E-state index in [4.69, 9.17) is 23.7 Å². The number of rotatable bonds is 5. The predicted molar refractivity (Wildman–Crippen MR) is 425 cm³/mol. The number of ether oxygens (including phenoxy) is 5. The number of fused-ring (bicyclic) bond motifs is 14. The molecule has 11 heteroatoms. The van der Waals surface area contributed by atoms with Crippen molar-refractivity contribution in [3.63, 3.8) is 0 Å². The highest BCUT2D eigenvalue weighted by Gasteiger charge is 2.60. The van der Waals surface area contributed by atoms with Crippen molar-refractivity contribution in [2.75, 3.05) is 59.5 Å². The van der Waals surface area contributed by atoms with E-state index in [1.54, 1.807) is 0 Å². The molecule has 8 aliphatic rings. The molecule has 6 N–H and O–H groups in total. The molecule has 12 unspecified atom stereocenters. The second-order valence-electron chi connectivity index (χ2n) is 39.5. The summed E-state index contributed by atoms with van der Waals surface area (Å²) in [5.41, 5.74) is -2.17. The van der Waals surface area contributed by atoms with Crippen molar-refractivity contribution in [2.45, 2.75) is 394 Å². The monoisotopic (exact) mass is 1450 g/mol. The van der Waals surface area contributed by atoms with E-state index in [-0.39, 0.29) is 19.3 Å². The topological polar surface area (TPSA) is 168 Å². The lowest BCUT2D eigenvalue weighted by molar-refractivity contribution is -0.183. The van der Waals surface area contributed by atoms with E-state index >= 15 is 0 Å². The maximum atomic E-state index is 11.2. The van der Waals surface area contributed by atoms with Gasteiger partial charge in [-0.3, -0.25) is 0 Å². The summed E-state index contributed by atoms with van der Waals surface area (Å²) in [5.74, 6) is 18.3. The molecule has 8 fully saturated rings. The zero-order valence-corrected chi connectivity index (χ0v) is 68.9. The normalized spacial score (nSPS) is 44.7. The van der Waals surface area contributed by atoms with Gasteiger partial charge in [-0.05, 0) is 246 Å². The Balaban J connectivity index is 0.751. The fourth-order valence-electron chi connectivity index (χ4n) is 22.9. The highest BCUT2D eigenvalue weighted by molar-refractivity contribution is 5.10. The minimum absolute atomic E-state index is 0.0220. The molecule has 7 saturated carbocycles. The molecule has 7 aliphatic carbocycles. The quantitative estimate of drug-likeness (QED) is 0.155. The largest absolute Gasteiger partial charge is 0.394 e. The summed E-state index contributed by atoms with van der Waals surface area (Å²) in [6.07, 6.45) is 52.7. The van der Waals surface area contributed by atoms with E-state index in [2.05, 4.69) is 69.2 Å². The first-order chi connectivity index (χ1) is 49.7. The van der Waals surface area contributed by atoms with Gasteiger partial charge in [0, 0.05) is 26.4 Å². The van der Waals surface area contributed by atoms with E-state index in [9.17, 15) is 30.6 Å². The Morgan fingerprint density at radius 3 is 1.06 bits per heavy atom. The van der Waals surface area contributed by atoms with Gasteiger partial charge in [0.1, 0.15) is 42.2 Å². The minimum atomic E-state index is -2.17. The molecule has 29 atom stereocenters. The Morgan fingerprint density at radius 1 is 0.311 bits per heavy atom. The smallest absolute Gasteiger partial charge is 0.145 e. The number of aliphatic hydroxyl groups excluding tert-OH is 5. The molecule has 1 saturated heterocycles. The molecule has 12 bridgehead atoms. The van der Waals surface area contributed by atoms with Crippen molar-refractivity contribution in [3.05, 3.63) is 0 Å². The van der Waals surface area contributed by atoms with Gasteiger partial charge in [-0.1, -0.05) is 236 Å². The molecular formula is C92H170O11. The maximum Gasteiger partial charge on any atom is 0.145 e. The molecule has 0 spiro atoms. The molecule has 1 heterocycles. The van der Waals surface area contributed by atoms with Gasteiger partial charge >= 0.3 is 0 Å². The van der Waals surface area contributed by atoms with Crippen LogP contribution in [0.2, 0.25) is 0 Å². The average molecular weight is 1450 g/mol. The standard InChI is InChI=1S/C92H170O11/c1-64-17-11-23-70(7)78-37-33-74(53-78)27-15-21-68(5)45-49-99-60-86(59-93)101-51-46-69(6)22-16-28-75-34-38-79(54-75)71(8)24-12-18-65(2)29-31-66(3)19-13-25-72(9)80-41-43-84(57-80)82-39-35-76(55-82)47-50-100-61-87(62-103-91-89(96)88(95)90(97)92(91,98)63-94)102-52-48-77-36-40-83(56-77)85-44-42-81(58-85)73(10)26-14-20-67(4)32-30-64/h64-91,93-98H,11-63H2,1-10H3/t64-,65-,66-,67-,68+,69+,70+,71+,72+,73+,74?,75?,76?,77?,78?,79?,80?,81?,82?,83?,84?,85?,86+,87+,88-,89-,90-,91-,92+/m0/s1. The van der Waals surface area contributed by atoms with Crippen LogP contribution < -0.4 is 0 Å². The summed E-state index contributed by atoms with van der Waals surface area (Å²) in [4.78, 5) is 0. The summed E-state index contributed by atoms with van der Waals surface area (Å²) in [6, 6.07) is 0. The number of hydrogen-bond acceptors (Lipinski definition) is 11. The predicted octanol–water partition coefficient (Wildman–Crippen LogP) is 21.0. The fraction of sp³-hybridized carbons (Fsp3) is 1.00. The van der Waals surface area contributed by atoms with Gasteiger partial charge < -0.3 is 54.3 Å². The van der Waals surface area contributed by atoms with E-state index < -0.39 is 42.7 Å². The van der Waals surface area contributed by atoms with Gasteiger partial charge in [-0.2, -0.15) is 0 Å². The Kier molecular flexibility index (Phi) is 40.4. The van der Waals surface area contributed by atoms with Gasteiger partial charge in [0.15, 0.2) is 0 Å². The van der Waals surface area contributed by atoms with Crippen LogP contribution in [-0.4, -0.2) is 132 Å². The Labute approximate surface area is 634 Å². The highest BCUT2D eigenvalue weighted by atomic mass is 16.6. The molecule has 0 radical (unpaired) electrons. The number of hydrogen-bond donors (Lipinski definition) is 6. The number of aliphatic hydroxyl groups is 6. The Hall–Kier alpha value is -0.440. The molecular weight excluding hydrogens is 1280 g/mol. The van der Waals surface area contributed by atoms with Crippen LogP contribution in [0.5, 0.6) is 0 Å². The van der Waals surface area contributed by atoms with Crippen molar-refractivity contribution < 1.29 is 54.3 Å². The van der Waals surface area contributed by atoms with Gasteiger partial charge in [0.2, 0.25) is 0 Å². The average Bonchev–Trinajstić information content (AvgIpc) is 1.62. The van der Waals surface area contributed by atoms with Gasteiger partial charge in [-0.25, -0.2) is 0 Å². The third kappa shape index (κ3) is 29.9. The Bertz CT molecular complexity index is 2180. The fourth-order valence-corrected chi connectivity index (χ4v) is 22.9. The van der Waals surface area contributed by atoms with E-state index in [1.165, 1.54) is 257 Å². The molecule has 8 rings (SSSR count). The van der Waals surface area contributed by atoms with Gasteiger partial charge in [-0.15, -0.1) is 0 Å². The molecule has 11 nitrogen and oxygen atoms in total. The lowest BCUT2D eigenvalue weighted by atomic mass is 9.83. The SMILES string of the molecule is C[C@@H]1CCCC2CCC(C2)[C@H](C)CCC[C@H](C)CC[C@@H](C)CCC[C@@H](C)C2CCC(C2)C2CCC(CCO[C@@H](CO[C@H]3[C@@H](O)[C@H](O)[C@H](O)[C@]3(O)CO)COCCC3CCC(C3)C3CCC(C3)[C@H](C)CCC[C@H](C)CC[C@@H](C)CCC[C@@H](C)C3CCC(CCC[C@@H](C)CCO[C@H](CO)COCC1)C3)C2. The minimum Gasteiger partial charge on any atom is -0.394 e. The molecule has 604 valence electrons. The third-order valence-corrected chi connectivity index (χ3v) is 31.0.